The van der Waals surface area contributed by atoms with Gasteiger partial charge in [0.2, 0.25) is 0 Å². The highest BCUT2D eigenvalue weighted by Crippen LogP contribution is 2.27. The minimum Gasteiger partial charge on any atom is -0.481 e. The molecular weight excluding hydrogens is 360 g/mol. The molecule has 0 aliphatic rings. The van der Waals surface area contributed by atoms with Crippen LogP contribution in [-0.2, 0) is 14.4 Å². The zero-order chi connectivity index (χ0) is 20.6. The quantitative estimate of drug-likeness (QED) is 0.307. The first-order valence-electron chi connectivity index (χ1n) is 8.13. The Bertz CT molecular complexity index is 719. The summed E-state index contributed by atoms with van der Waals surface area (Å²) in [5.41, 5.74) is 0.533. The van der Waals surface area contributed by atoms with E-state index in [4.69, 9.17) is 10.2 Å². The van der Waals surface area contributed by atoms with Crippen LogP contribution in [0.5, 0.6) is 0 Å². The summed E-state index contributed by atoms with van der Waals surface area (Å²) in [4.78, 5) is 44.2. The summed E-state index contributed by atoms with van der Waals surface area (Å²) >= 11 is 0. The Kier molecular flexibility index (Phi) is 8.21. The van der Waals surface area contributed by atoms with E-state index < -0.39 is 42.4 Å². The molecule has 0 heterocycles. The number of nitrogens with one attached hydrogen (secondary N) is 2. The largest absolute Gasteiger partial charge is 0.481 e. The van der Waals surface area contributed by atoms with Crippen molar-refractivity contribution in [2.24, 2.45) is 5.92 Å². The fourth-order valence-electron chi connectivity index (χ4n) is 2.57. The molecule has 0 saturated heterocycles. The maximum Gasteiger partial charge on any atom is 0.336 e. The van der Waals surface area contributed by atoms with Crippen LogP contribution < -0.4 is 10.6 Å². The molecule has 1 rings (SSSR count). The van der Waals surface area contributed by atoms with Gasteiger partial charge in [-0.3, -0.25) is 14.4 Å². The highest BCUT2D eigenvalue weighted by atomic mass is 16.4. The summed E-state index contributed by atoms with van der Waals surface area (Å²) in [6.45, 7) is 1.12. The number of hydrogen-bond donors (Lipinski definition) is 6. The average Bonchev–Trinajstić information content (AvgIpc) is 2.58. The first-order valence-corrected chi connectivity index (χ1v) is 8.13. The maximum atomic E-state index is 11.5. The molecule has 0 bridgehead atoms. The monoisotopic (exact) mass is 382 g/mol. The third-order valence-corrected chi connectivity index (χ3v) is 3.93. The van der Waals surface area contributed by atoms with Crippen molar-refractivity contribution in [1.82, 2.24) is 5.32 Å². The first kappa shape index (κ1) is 21.9. The van der Waals surface area contributed by atoms with Gasteiger partial charge in [-0.25, -0.2) is 4.79 Å². The molecule has 0 spiro atoms. The molecule has 148 valence electrons. The lowest BCUT2D eigenvalue weighted by atomic mass is 9.97. The van der Waals surface area contributed by atoms with E-state index in [2.05, 4.69) is 10.6 Å². The van der Waals surface area contributed by atoms with Gasteiger partial charge in [0.15, 0.2) is 0 Å². The molecule has 1 aromatic rings. The van der Waals surface area contributed by atoms with Gasteiger partial charge >= 0.3 is 23.9 Å². The van der Waals surface area contributed by atoms with Crippen LogP contribution in [0, 0.1) is 5.92 Å². The van der Waals surface area contributed by atoms with Gasteiger partial charge in [0.25, 0.3) is 0 Å². The fraction of sp³-hybridized carbons (Fsp3) is 0.412. The molecule has 2 unspecified atom stereocenters. The van der Waals surface area contributed by atoms with Crippen molar-refractivity contribution >= 4 is 29.6 Å². The second-order valence-corrected chi connectivity index (χ2v) is 5.92. The normalized spacial score (nSPS) is 12.8. The van der Waals surface area contributed by atoms with Crippen LogP contribution in [0.4, 0.5) is 5.69 Å². The van der Waals surface area contributed by atoms with E-state index in [-0.39, 0.29) is 30.5 Å². The van der Waals surface area contributed by atoms with Crippen LogP contribution >= 0.6 is 0 Å². The van der Waals surface area contributed by atoms with Crippen molar-refractivity contribution in [1.29, 1.82) is 0 Å². The molecule has 0 radical (unpaired) electrons. The molecule has 1 aromatic carbocycles. The minimum atomic E-state index is -1.21. The number of aliphatic carboxylic acids is 3. The molecular formula is C17H22N2O8. The zero-order valence-electron chi connectivity index (χ0n) is 14.6. The summed E-state index contributed by atoms with van der Waals surface area (Å²) in [5, 5.41) is 41.7. The number of hydrogen-bond acceptors (Lipinski definition) is 6. The first-order chi connectivity index (χ1) is 12.6. The predicted octanol–water partition coefficient (Wildman–Crippen LogP) is 1.10. The molecule has 0 aliphatic carbocycles. The van der Waals surface area contributed by atoms with Gasteiger partial charge in [0, 0.05) is 30.3 Å². The van der Waals surface area contributed by atoms with Crippen LogP contribution in [0.1, 0.15) is 41.7 Å². The summed E-state index contributed by atoms with van der Waals surface area (Å²) in [7, 11) is 0. The predicted molar refractivity (Wildman–Crippen MR) is 93.9 cm³/mol. The molecule has 0 aliphatic heterocycles. The molecule has 10 nitrogen and oxygen atoms in total. The Morgan fingerprint density at radius 1 is 1.04 bits per heavy atom. The van der Waals surface area contributed by atoms with Crippen molar-refractivity contribution in [3.63, 3.8) is 0 Å². The highest BCUT2D eigenvalue weighted by molar-refractivity contribution is 5.92. The second-order valence-electron chi connectivity index (χ2n) is 5.92. The maximum absolute atomic E-state index is 11.5. The van der Waals surface area contributed by atoms with Crippen molar-refractivity contribution in [2.75, 3.05) is 18.4 Å². The van der Waals surface area contributed by atoms with Gasteiger partial charge in [0.1, 0.15) is 6.54 Å². The molecule has 10 heteroatoms. The van der Waals surface area contributed by atoms with Crippen molar-refractivity contribution in [3.05, 3.63) is 29.3 Å². The van der Waals surface area contributed by atoms with Crippen LogP contribution in [0.25, 0.3) is 0 Å². The van der Waals surface area contributed by atoms with Crippen molar-refractivity contribution < 1.29 is 39.6 Å². The van der Waals surface area contributed by atoms with E-state index in [9.17, 15) is 29.4 Å². The lowest BCUT2D eigenvalue weighted by Crippen LogP contribution is -2.32. The van der Waals surface area contributed by atoms with Crippen LogP contribution in [-0.4, -0.2) is 57.4 Å². The number of carboxylic acid groups (broad SMARTS) is 4. The molecule has 0 aromatic heterocycles. The van der Waals surface area contributed by atoms with E-state index in [0.717, 1.165) is 0 Å². The van der Waals surface area contributed by atoms with Crippen molar-refractivity contribution in [3.8, 4) is 0 Å². The van der Waals surface area contributed by atoms with Gasteiger partial charge < -0.3 is 31.1 Å². The SMILES string of the molecule is CC(NCC(CCC(=O)O)C(=O)O)c1c(NCC(=O)O)cccc1C(=O)O. The van der Waals surface area contributed by atoms with E-state index in [1.54, 1.807) is 6.92 Å². The smallest absolute Gasteiger partial charge is 0.336 e. The lowest BCUT2D eigenvalue weighted by molar-refractivity contribution is -0.143. The average molecular weight is 382 g/mol. The Labute approximate surface area is 154 Å². The van der Waals surface area contributed by atoms with E-state index in [1.807, 2.05) is 0 Å². The van der Waals surface area contributed by atoms with Gasteiger partial charge in [0.05, 0.1) is 11.5 Å². The Balaban J connectivity index is 3.00. The third kappa shape index (κ3) is 6.94. The Hall–Kier alpha value is -3.14. The summed E-state index contributed by atoms with van der Waals surface area (Å²) in [6, 6.07) is 3.74. The van der Waals surface area contributed by atoms with E-state index in [1.165, 1.54) is 18.2 Å². The highest BCUT2D eigenvalue weighted by Gasteiger charge is 2.23. The number of aromatic carboxylic acids is 1. The Morgan fingerprint density at radius 3 is 2.22 bits per heavy atom. The van der Waals surface area contributed by atoms with Crippen LogP contribution in [0.2, 0.25) is 0 Å². The van der Waals surface area contributed by atoms with Crippen LogP contribution in [0.15, 0.2) is 18.2 Å². The van der Waals surface area contributed by atoms with E-state index >= 15 is 0 Å². The van der Waals surface area contributed by atoms with Gasteiger partial charge in [-0.15, -0.1) is 0 Å². The summed E-state index contributed by atoms with van der Waals surface area (Å²) in [6.07, 6.45) is -0.376. The lowest BCUT2D eigenvalue weighted by Gasteiger charge is -2.22. The fourth-order valence-corrected chi connectivity index (χ4v) is 2.57. The third-order valence-electron chi connectivity index (χ3n) is 3.93. The number of anilines is 1. The van der Waals surface area contributed by atoms with Crippen LogP contribution in [0.3, 0.4) is 0 Å². The molecule has 0 saturated carbocycles. The van der Waals surface area contributed by atoms with E-state index in [0.29, 0.717) is 5.69 Å². The number of carboxylic acids is 4. The standard InChI is InChI=1S/C17H22N2O8/c1-9(18-7-10(16(24)25)5-6-13(20)21)15-11(17(26)27)3-2-4-12(15)19-8-14(22)23/h2-4,9-10,18-19H,5-8H2,1H3,(H,20,21)(H,22,23)(H,24,25)(H,26,27). The minimum absolute atomic E-state index is 0.0530. The second kappa shape index (κ2) is 10.1. The molecule has 2 atom stereocenters. The van der Waals surface area contributed by atoms with Gasteiger partial charge in [-0.2, -0.15) is 0 Å². The van der Waals surface area contributed by atoms with Crippen molar-refractivity contribution in [2.45, 2.75) is 25.8 Å². The zero-order valence-corrected chi connectivity index (χ0v) is 14.6. The molecule has 0 amide bonds. The number of benzene rings is 1. The molecule has 27 heavy (non-hydrogen) atoms. The molecule has 6 N–H and O–H groups in total. The number of rotatable bonds is 12. The Morgan fingerprint density at radius 2 is 1.70 bits per heavy atom. The summed E-state index contributed by atoms with van der Waals surface area (Å²) < 4.78 is 0. The molecule has 0 fully saturated rings. The summed E-state index contributed by atoms with van der Waals surface area (Å²) in [5.74, 6) is -5.56. The van der Waals surface area contributed by atoms with Gasteiger partial charge in [-0.1, -0.05) is 6.07 Å². The van der Waals surface area contributed by atoms with Gasteiger partial charge in [-0.05, 0) is 25.5 Å². The topological polar surface area (TPSA) is 173 Å². The number of carbonyl (C=O) groups is 4.